The lowest BCUT2D eigenvalue weighted by Crippen LogP contribution is -2.50. The predicted octanol–water partition coefficient (Wildman–Crippen LogP) is 1.55. The molecule has 104 valence electrons. The number of nitrogens with one attached hydrogen (secondary N) is 1. The first-order chi connectivity index (χ1) is 8.85. The van der Waals surface area contributed by atoms with E-state index in [0.29, 0.717) is 29.7 Å². The number of hydrogen-bond donors (Lipinski definition) is 3. The van der Waals surface area contributed by atoms with Gasteiger partial charge in [0, 0.05) is 11.3 Å². The van der Waals surface area contributed by atoms with Crippen LogP contribution in [0.1, 0.15) is 42.6 Å². The van der Waals surface area contributed by atoms with Gasteiger partial charge in [0.2, 0.25) is 11.8 Å². The molecule has 2 amide bonds. The summed E-state index contributed by atoms with van der Waals surface area (Å²) < 4.78 is 0. The van der Waals surface area contributed by atoms with Gasteiger partial charge in [-0.15, -0.1) is 0 Å². The molecule has 0 heterocycles. The molecule has 0 unspecified atom stereocenters. The van der Waals surface area contributed by atoms with Crippen LogP contribution in [0.2, 0.25) is 0 Å². The normalized spacial score (nSPS) is 11.2. The van der Waals surface area contributed by atoms with Gasteiger partial charge < -0.3 is 16.8 Å². The summed E-state index contributed by atoms with van der Waals surface area (Å²) in [5, 5.41) is 2.78. The van der Waals surface area contributed by atoms with Crippen LogP contribution in [0.15, 0.2) is 18.2 Å². The number of benzene rings is 1. The average molecular weight is 263 g/mol. The summed E-state index contributed by atoms with van der Waals surface area (Å²) in [5.41, 5.74) is 12.0. The van der Waals surface area contributed by atoms with E-state index in [2.05, 4.69) is 5.32 Å². The minimum absolute atomic E-state index is 0.248. The molecule has 19 heavy (non-hydrogen) atoms. The number of primary amides is 1. The van der Waals surface area contributed by atoms with Crippen LogP contribution in [0, 0.1) is 6.92 Å². The average Bonchev–Trinajstić information content (AvgIpc) is 2.39. The number of amides is 2. The standard InChI is InChI=1S/C14H21N3O2/c1-4-14(16,5-2)13(19)17-11-8-6-7-10(9(11)3)12(15)18/h6-8H,4-5,16H2,1-3H3,(H2,15,18)(H,17,19). The first kappa shape index (κ1) is 15.2. The number of carbonyl (C=O) groups excluding carboxylic acids is 2. The number of carbonyl (C=O) groups is 2. The van der Waals surface area contributed by atoms with E-state index in [1.54, 1.807) is 25.1 Å². The van der Waals surface area contributed by atoms with Gasteiger partial charge in [0.15, 0.2) is 0 Å². The number of nitrogens with two attached hydrogens (primary N) is 2. The summed E-state index contributed by atoms with van der Waals surface area (Å²) in [5.74, 6) is -0.763. The van der Waals surface area contributed by atoms with Crippen LogP contribution in [-0.4, -0.2) is 17.4 Å². The highest BCUT2D eigenvalue weighted by molar-refractivity contribution is 6.01. The molecule has 1 rings (SSSR count). The minimum atomic E-state index is -0.894. The van der Waals surface area contributed by atoms with Crippen LogP contribution in [0.5, 0.6) is 0 Å². The van der Waals surface area contributed by atoms with Crippen LogP contribution in [0.25, 0.3) is 0 Å². The second-order valence-electron chi connectivity index (χ2n) is 4.66. The molecule has 0 saturated carbocycles. The van der Waals surface area contributed by atoms with Crippen LogP contribution in [-0.2, 0) is 4.79 Å². The van der Waals surface area contributed by atoms with Crippen molar-refractivity contribution in [1.29, 1.82) is 0 Å². The molecule has 5 nitrogen and oxygen atoms in total. The molecule has 5 N–H and O–H groups in total. The molecule has 0 bridgehead atoms. The van der Waals surface area contributed by atoms with Gasteiger partial charge in [0.05, 0.1) is 5.54 Å². The Kier molecular flexibility index (Phi) is 4.67. The van der Waals surface area contributed by atoms with Crippen molar-refractivity contribution in [3.63, 3.8) is 0 Å². The summed E-state index contributed by atoms with van der Waals surface area (Å²) in [6, 6.07) is 5.03. The van der Waals surface area contributed by atoms with Gasteiger partial charge in [-0.25, -0.2) is 0 Å². The first-order valence-electron chi connectivity index (χ1n) is 6.35. The third-order valence-electron chi connectivity index (χ3n) is 3.56. The number of hydrogen-bond acceptors (Lipinski definition) is 3. The largest absolute Gasteiger partial charge is 0.366 e. The lowest BCUT2D eigenvalue weighted by Gasteiger charge is -2.25. The molecule has 1 aromatic rings. The van der Waals surface area contributed by atoms with Gasteiger partial charge in [-0.2, -0.15) is 0 Å². The molecule has 0 radical (unpaired) electrons. The quantitative estimate of drug-likeness (QED) is 0.751. The summed E-state index contributed by atoms with van der Waals surface area (Å²) >= 11 is 0. The molecular formula is C14H21N3O2. The first-order valence-corrected chi connectivity index (χ1v) is 6.35. The third kappa shape index (κ3) is 3.12. The molecule has 1 aromatic carbocycles. The van der Waals surface area contributed by atoms with E-state index >= 15 is 0 Å². The van der Waals surface area contributed by atoms with Gasteiger partial charge in [-0.1, -0.05) is 19.9 Å². The lowest BCUT2D eigenvalue weighted by molar-refractivity contribution is -0.121. The Labute approximate surface area is 113 Å². The highest BCUT2D eigenvalue weighted by Crippen LogP contribution is 2.21. The SMILES string of the molecule is CCC(N)(CC)C(=O)Nc1cccc(C(N)=O)c1C. The molecule has 0 aliphatic rings. The Morgan fingerprint density at radius 2 is 1.84 bits per heavy atom. The monoisotopic (exact) mass is 263 g/mol. The maximum atomic E-state index is 12.2. The van der Waals surface area contributed by atoms with E-state index in [0.717, 1.165) is 0 Å². The van der Waals surface area contributed by atoms with Gasteiger partial charge in [-0.3, -0.25) is 9.59 Å². The minimum Gasteiger partial charge on any atom is -0.366 e. The number of rotatable bonds is 5. The van der Waals surface area contributed by atoms with Crippen molar-refractivity contribution in [2.45, 2.75) is 39.2 Å². The van der Waals surface area contributed by atoms with Gasteiger partial charge >= 0.3 is 0 Å². The van der Waals surface area contributed by atoms with Gasteiger partial charge in [0.25, 0.3) is 0 Å². The van der Waals surface area contributed by atoms with Gasteiger partial charge in [0.1, 0.15) is 0 Å². The van der Waals surface area contributed by atoms with Crippen molar-refractivity contribution in [3.05, 3.63) is 29.3 Å². The third-order valence-corrected chi connectivity index (χ3v) is 3.56. The Balaban J connectivity index is 3.04. The molecular weight excluding hydrogens is 242 g/mol. The van der Waals surface area contributed by atoms with Crippen LogP contribution >= 0.6 is 0 Å². The van der Waals surface area contributed by atoms with Crippen molar-refractivity contribution in [2.75, 3.05) is 5.32 Å². The van der Waals surface area contributed by atoms with E-state index in [1.165, 1.54) is 0 Å². The number of anilines is 1. The summed E-state index contributed by atoms with van der Waals surface area (Å²) in [6.45, 7) is 5.48. The van der Waals surface area contributed by atoms with Crippen LogP contribution in [0.3, 0.4) is 0 Å². The lowest BCUT2D eigenvalue weighted by atomic mass is 9.93. The Bertz CT molecular complexity index is 493. The second-order valence-corrected chi connectivity index (χ2v) is 4.66. The van der Waals surface area contributed by atoms with Crippen molar-refractivity contribution < 1.29 is 9.59 Å². The maximum Gasteiger partial charge on any atom is 0.249 e. The van der Waals surface area contributed by atoms with Crippen LogP contribution in [0.4, 0.5) is 5.69 Å². The summed E-state index contributed by atoms with van der Waals surface area (Å²) in [6.07, 6.45) is 1.09. The molecule has 0 fully saturated rings. The van der Waals surface area contributed by atoms with E-state index in [9.17, 15) is 9.59 Å². The van der Waals surface area contributed by atoms with E-state index in [1.807, 2.05) is 13.8 Å². The molecule has 0 saturated heterocycles. The fraction of sp³-hybridized carbons (Fsp3) is 0.429. The van der Waals surface area contributed by atoms with E-state index in [4.69, 9.17) is 11.5 Å². The zero-order chi connectivity index (χ0) is 14.6. The van der Waals surface area contributed by atoms with Gasteiger partial charge in [-0.05, 0) is 37.5 Å². The highest BCUT2D eigenvalue weighted by Gasteiger charge is 2.30. The van der Waals surface area contributed by atoms with Crippen LogP contribution < -0.4 is 16.8 Å². The second kappa shape index (κ2) is 5.84. The topological polar surface area (TPSA) is 98.2 Å². The van der Waals surface area contributed by atoms with E-state index < -0.39 is 11.4 Å². The molecule has 0 atom stereocenters. The molecule has 0 aliphatic heterocycles. The van der Waals surface area contributed by atoms with Crippen molar-refractivity contribution in [3.8, 4) is 0 Å². The van der Waals surface area contributed by atoms with Crippen molar-refractivity contribution >= 4 is 17.5 Å². The molecule has 0 aromatic heterocycles. The summed E-state index contributed by atoms with van der Waals surface area (Å²) in [7, 11) is 0. The smallest absolute Gasteiger partial charge is 0.249 e. The Morgan fingerprint density at radius 3 is 2.32 bits per heavy atom. The molecule has 0 spiro atoms. The zero-order valence-corrected chi connectivity index (χ0v) is 11.6. The zero-order valence-electron chi connectivity index (χ0n) is 11.6. The highest BCUT2D eigenvalue weighted by atomic mass is 16.2. The fourth-order valence-corrected chi connectivity index (χ4v) is 1.86. The molecule has 0 aliphatic carbocycles. The van der Waals surface area contributed by atoms with Crippen molar-refractivity contribution in [2.24, 2.45) is 11.5 Å². The molecule has 5 heteroatoms. The Hall–Kier alpha value is -1.88. The maximum absolute atomic E-state index is 12.2. The Morgan fingerprint density at radius 1 is 1.26 bits per heavy atom. The van der Waals surface area contributed by atoms with Crippen molar-refractivity contribution in [1.82, 2.24) is 0 Å². The predicted molar refractivity (Wildman–Crippen MR) is 75.8 cm³/mol. The summed E-state index contributed by atoms with van der Waals surface area (Å²) in [4.78, 5) is 23.4. The fourth-order valence-electron chi connectivity index (χ4n) is 1.86. The van der Waals surface area contributed by atoms with E-state index in [-0.39, 0.29) is 5.91 Å².